The fourth-order valence-electron chi connectivity index (χ4n) is 3.36. The van der Waals surface area contributed by atoms with E-state index in [0.29, 0.717) is 30.8 Å². The van der Waals surface area contributed by atoms with Crippen LogP contribution < -0.4 is 10.6 Å². The number of aromatic nitrogens is 2. The third-order valence-electron chi connectivity index (χ3n) is 5.33. The molecule has 0 unspecified atom stereocenters. The molecule has 0 radical (unpaired) electrons. The van der Waals surface area contributed by atoms with E-state index in [1.165, 1.54) is 11.3 Å². The molecule has 3 rings (SSSR count). The smallest absolute Gasteiger partial charge is 0.286 e. The third-order valence-corrected chi connectivity index (χ3v) is 6.32. The Labute approximate surface area is 188 Å². The van der Waals surface area contributed by atoms with Gasteiger partial charge in [-0.1, -0.05) is 29.0 Å². The third kappa shape index (κ3) is 8.01. The molecule has 0 aliphatic carbocycles. The maximum absolute atomic E-state index is 12.3. The van der Waals surface area contributed by atoms with Crippen LogP contribution in [0.15, 0.2) is 24.3 Å². The summed E-state index contributed by atoms with van der Waals surface area (Å²) >= 11 is 1.28. The molecule has 1 fully saturated rings. The molecule has 2 N–H and O–H groups in total. The molecule has 0 spiro atoms. The van der Waals surface area contributed by atoms with Gasteiger partial charge in [0.2, 0.25) is 10.9 Å². The number of rotatable bonds is 10. The summed E-state index contributed by atoms with van der Waals surface area (Å²) in [6.45, 7) is 8.20. The van der Waals surface area contributed by atoms with Crippen LogP contribution >= 0.6 is 11.3 Å². The fourth-order valence-corrected chi connectivity index (χ4v) is 4.13. The minimum Gasteiger partial charge on any atom is -0.356 e. The van der Waals surface area contributed by atoms with Crippen molar-refractivity contribution in [2.45, 2.75) is 32.6 Å². The van der Waals surface area contributed by atoms with Crippen molar-refractivity contribution < 1.29 is 9.59 Å². The molecular weight excluding hydrogens is 412 g/mol. The van der Waals surface area contributed by atoms with Crippen LogP contribution in [0.25, 0.3) is 0 Å². The van der Waals surface area contributed by atoms with E-state index in [9.17, 15) is 9.59 Å². The van der Waals surface area contributed by atoms with Gasteiger partial charge in [-0.2, -0.15) is 0 Å². The molecule has 168 valence electrons. The summed E-state index contributed by atoms with van der Waals surface area (Å²) in [4.78, 5) is 29.1. The molecule has 1 aromatic heterocycles. The summed E-state index contributed by atoms with van der Waals surface area (Å²) in [6.07, 6.45) is 2.77. The van der Waals surface area contributed by atoms with Crippen LogP contribution in [0.4, 0.5) is 5.69 Å². The molecule has 2 aromatic rings. The SMILES string of the molecule is Cc1ccc(NC(=O)c2nnc(CCCC(=O)NCCCN3CCN(C)CC3)s2)cc1. The minimum atomic E-state index is -0.259. The average Bonchev–Trinajstić information content (AvgIpc) is 3.23. The minimum absolute atomic E-state index is 0.0697. The second-order valence-corrected chi connectivity index (χ2v) is 9.09. The number of piperazine rings is 1. The molecule has 9 heteroatoms. The molecule has 1 aromatic carbocycles. The van der Waals surface area contributed by atoms with E-state index < -0.39 is 0 Å². The van der Waals surface area contributed by atoms with Gasteiger partial charge in [0.15, 0.2) is 0 Å². The maximum Gasteiger partial charge on any atom is 0.286 e. The highest BCUT2D eigenvalue weighted by molar-refractivity contribution is 7.13. The van der Waals surface area contributed by atoms with Crippen LogP contribution in [-0.4, -0.2) is 78.1 Å². The van der Waals surface area contributed by atoms with Gasteiger partial charge in [-0.05, 0) is 45.5 Å². The molecule has 31 heavy (non-hydrogen) atoms. The van der Waals surface area contributed by atoms with Crippen LogP contribution in [0.2, 0.25) is 0 Å². The van der Waals surface area contributed by atoms with Crippen LogP contribution in [0.3, 0.4) is 0 Å². The van der Waals surface area contributed by atoms with Crippen molar-refractivity contribution in [3.05, 3.63) is 39.8 Å². The van der Waals surface area contributed by atoms with E-state index in [0.717, 1.165) is 55.4 Å². The number of anilines is 1. The van der Waals surface area contributed by atoms with Gasteiger partial charge < -0.3 is 20.4 Å². The first kappa shape index (κ1) is 23.3. The Balaban J connectivity index is 1.29. The predicted octanol–water partition coefficient (Wildman–Crippen LogP) is 2.18. The lowest BCUT2D eigenvalue weighted by Gasteiger charge is -2.32. The van der Waals surface area contributed by atoms with Gasteiger partial charge in [0, 0.05) is 51.3 Å². The Morgan fingerprint density at radius 1 is 1.06 bits per heavy atom. The van der Waals surface area contributed by atoms with Crippen LogP contribution in [-0.2, 0) is 11.2 Å². The second kappa shape index (κ2) is 11.9. The van der Waals surface area contributed by atoms with E-state index in [1.54, 1.807) is 0 Å². The lowest BCUT2D eigenvalue weighted by atomic mass is 10.2. The molecule has 0 bridgehead atoms. The molecular formula is C22H32N6O2S. The van der Waals surface area contributed by atoms with E-state index in [1.807, 2.05) is 31.2 Å². The van der Waals surface area contributed by atoms with Crippen molar-refractivity contribution in [2.75, 3.05) is 51.6 Å². The number of carbonyl (C=O) groups excluding carboxylic acids is 2. The molecule has 1 aliphatic heterocycles. The number of hydrogen-bond acceptors (Lipinski definition) is 7. The standard InChI is InChI=1S/C22H32N6O2S/c1-17-7-9-18(10-8-17)24-21(30)22-26-25-20(31-22)6-3-5-19(29)23-11-4-12-28-15-13-27(2)14-16-28/h7-10H,3-6,11-16H2,1-2H3,(H,23,29)(H,24,30). The highest BCUT2D eigenvalue weighted by Gasteiger charge is 2.14. The Morgan fingerprint density at radius 2 is 1.81 bits per heavy atom. The van der Waals surface area contributed by atoms with Gasteiger partial charge >= 0.3 is 0 Å². The zero-order valence-electron chi connectivity index (χ0n) is 18.4. The number of aryl methyl sites for hydroxylation is 2. The number of amides is 2. The quantitative estimate of drug-likeness (QED) is 0.546. The number of hydrogen-bond donors (Lipinski definition) is 2. The van der Waals surface area contributed by atoms with Crippen LogP contribution in [0.1, 0.15) is 39.6 Å². The summed E-state index contributed by atoms with van der Waals surface area (Å²) in [5.41, 5.74) is 1.87. The van der Waals surface area contributed by atoms with Crippen LogP contribution in [0, 0.1) is 6.92 Å². The van der Waals surface area contributed by atoms with Crippen LogP contribution in [0.5, 0.6) is 0 Å². The number of nitrogens with zero attached hydrogens (tertiary/aromatic N) is 4. The number of benzene rings is 1. The van der Waals surface area contributed by atoms with Gasteiger partial charge in [0.05, 0.1) is 0 Å². The highest BCUT2D eigenvalue weighted by atomic mass is 32.1. The van der Waals surface area contributed by atoms with E-state index in [4.69, 9.17) is 0 Å². The number of nitrogens with one attached hydrogen (secondary N) is 2. The van der Waals surface area contributed by atoms with E-state index in [-0.39, 0.29) is 11.8 Å². The fraction of sp³-hybridized carbons (Fsp3) is 0.545. The van der Waals surface area contributed by atoms with Gasteiger partial charge in [-0.15, -0.1) is 10.2 Å². The molecule has 8 nitrogen and oxygen atoms in total. The van der Waals surface area contributed by atoms with Crippen molar-refractivity contribution in [2.24, 2.45) is 0 Å². The summed E-state index contributed by atoms with van der Waals surface area (Å²) in [5, 5.41) is 15.0. The lowest BCUT2D eigenvalue weighted by Crippen LogP contribution is -2.45. The van der Waals surface area contributed by atoms with Crippen molar-refractivity contribution in [1.82, 2.24) is 25.3 Å². The molecule has 2 amide bonds. The van der Waals surface area contributed by atoms with Crippen molar-refractivity contribution in [3.63, 3.8) is 0 Å². The topological polar surface area (TPSA) is 90.5 Å². The maximum atomic E-state index is 12.3. The Kier molecular flexibility index (Phi) is 8.93. The zero-order valence-corrected chi connectivity index (χ0v) is 19.2. The van der Waals surface area contributed by atoms with Crippen molar-refractivity contribution in [1.29, 1.82) is 0 Å². The molecule has 1 saturated heterocycles. The first-order valence-corrected chi connectivity index (χ1v) is 11.7. The summed E-state index contributed by atoms with van der Waals surface area (Å²) in [7, 11) is 2.15. The average molecular weight is 445 g/mol. The number of carbonyl (C=O) groups is 2. The first-order chi connectivity index (χ1) is 15.0. The summed E-state index contributed by atoms with van der Waals surface area (Å²) in [5.74, 6) is -0.189. The predicted molar refractivity (Wildman–Crippen MR) is 124 cm³/mol. The van der Waals surface area contributed by atoms with Gasteiger partial charge in [0.25, 0.3) is 5.91 Å². The van der Waals surface area contributed by atoms with Crippen molar-refractivity contribution >= 4 is 28.8 Å². The summed E-state index contributed by atoms with van der Waals surface area (Å²) < 4.78 is 0. The largest absolute Gasteiger partial charge is 0.356 e. The van der Waals surface area contributed by atoms with Gasteiger partial charge in [0.1, 0.15) is 5.01 Å². The first-order valence-electron chi connectivity index (χ1n) is 10.9. The van der Waals surface area contributed by atoms with Crippen molar-refractivity contribution in [3.8, 4) is 0 Å². The molecule has 2 heterocycles. The van der Waals surface area contributed by atoms with Gasteiger partial charge in [-0.25, -0.2) is 0 Å². The Hall–Kier alpha value is -2.36. The molecule has 0 saturated carbocycles. The zero-order chi connectivity index (χ0) is 22.1. The Morgan fingerprint density at radius 3 is 2.55 bits per heavy atom. The van der Waals surface area contributed by atoms with Gasteiger partial charge in [-0.3, -0.25) is 9.59 Å². The molecule has 1 aliphatic rings. The Bertz CT molecular complexity index is 846. The van der Waals surface area contributed by atoms with E-state index in [2.05, 4.69) is 37.7 Å². The number of likely N-dealkylation sites (N-methyl/N-ethyl adjacent to an activating group) is 1. The molecule has 0 atom stereocenters. The highest BCUT2D eigenvalue weighted by Crippen LogP contribution is 2.15. The monoisotopic (exact) mass is 444 g/mol. The summed E-state index contributed by atoms with van der Waals surface area (Å²) in [6, 6.07) is 7.61. The lowest BCUT2D eigenvalue weighted by molar-refractivity contribution is -0.121. The van der Waals surface area contributed by atoms with E-state index >= 15 is 0 Å². The normalized spacial score (nSPS) is 15.0. The second-order valence-electron chi connectivity index (χ2n) is 8.02.